The summed E-state index contributed by atoms with van der Waals surface area (Å²) in [5.74, 6) is 0. The molecule has 0 bridgehead atoms. The summed E-state index contributed by atoms with van der Waals surface area (Å²) in [5, 5.41) is 9.30. The summed E-state index contributed by atoms with van der Waals surface area (Å²) in [6.07, 6.45) is 1.73. The van der Waals surface area contributed by atoms with Crippen LogP contribution in [0.3, 0.4) is 0 Å². The Labute approximate surface area is 151 Å². The molecular formula is C19H19ClN4O. The summed E-state index contributed by atoms with van der Waals surface area (Å²) >= 11 is 6.23. The van der Waals surface area contributed by atoms with E-state index < -0.39 is 0 Å². The quantitative estimate of drug-likeness (QED) is 0.714. The maximum atomic E-state index is 6.23. The predicted molar refractivity (Wildman–Crippen MR) is 97.8 cm³/mol. The van der Waals surface area contributed by atoms with Gasteiger partial charge < -0.3 is 9.64 Å². The highest BCUT2D eigenvalue weighted by atomic mass is 35.5. The van der Waals surface area contributed by atoms with Crippen molar-refractivity contribution >= 4 is 17.3 Å². The Hall–Kier alpha value is -2.37. The number of ether oxygens (including phenoxy) is 1. The van der Waals surface area contributed by atoms with Gasteiger partial charge in [-0.05, 0) is 30.7 Å². The molecule has 25 heavy (non-hydrogen) atoms. The van der Waals surface area contributed by atoms with Crippen LogP contribution in [-0.4, -0.2) is 28.1 Å². The predicted octanol–water partition coefficient (Wildman–Crippen LogP) is 3.82. The van der Waals surface area contributed by atoms with Gasteiger partial charge in [0.15, 0.2) is 6.23 Å². The second-order valence-electron chi connectivity index (χ2n) is 6.18. The van der Waals surface area contributed by atoms with Crippen LogP contribution >= 0.6 is 11.6 Å². The molecule has 0 radical (unpaired) electrons. The second kappa shape index (κ2) is 6.86. The van der Waals surface area contributed by atoms with Crippen LogP contribution in [0.5, 0.6) is 0 Å². The molecule has 1 unspecified atom stereocenters. The minimum Gasteiger partial charge on any atom is -0.350 e. The summed E-state index contributed by atoms with van der Waals surface area (Å²) in [5.41, 5.74) is 4.20. The Morgan fingerprint density at radius 1 is 1.16 bits per heavy atom. The minimum atomic E-state index is -0.206. The summed E-state index contributed by atoms with van der Waals surface area (Å²) in [7, 11) is 0. The van der Waals surface area contributed by atoms with Crippen molar-refractivity contribution in [1.29, 1.82) is 0 Å². The Bertz CT molecular complexity index is 862. The first-order valence-electron chi connectivity index (χ1n) is 8.29. The highest BCUT2D eigenvalue weighted by molar-refractivity contribution is 6.31. The SMILES string of the molecule is Cc1ccc(N2CCOC2c2cn(Cc3ccccc3Cl)nn2)cc1. The molecule has 1 fully saturated rings. The Morgan fingerprint density at radius 3 is 2.76 bits per heavy atom. The molecule has 2 aromatic carbocycles. The molecule has 1 aromatic heterocycles. The van der Waals surface area contributed by atoms with Crippen molar-refractivity contribution in [1.82, 2.24) is 15.0 Å². The van der Waals surface area contributed by atoms with Crippen molar-refractivity contribution < 1.29 is 4.74 Å². The number of nitrogens with zero attached hydrogens (tertiary/aromatic N) is 4. The van der Waals surface area contributed by atoms with Crippen LogP contribution in [0.1, 0.15) is 23.0 Å². The van der Waals surface area contributed by atoms with Crippen molar-refractivity contribution in [3.8, 4) is 0 Å². The van der Waals surface area contributed by atoms with Crippen molar-refractivity contribution in [2.45, 2.75) is 19.7 Å². The summed E-state index contributed by atoms with van der Waals surface area (Å²) < 4.78 is 7.70. The van der Waals surface area contributed by atoms with Gasteiger partial charge in [0.25, 0.3) is 0 Å². The van der Waals surface area contributed by atoms with Crippen LogP contribution in [0.15, 0.2) is 54.7 Å². The maximum Gasteiger partial charge on any atom is 0.177 e. The number of halogens is 1. The van der Waals surface area contributed by atoms with Crippen LogP contribution < -0.4 is 4.90 Å². The molecule has 2 heterocycles. The van der Waals surface area contributed by atoms with E-state index in [0.717, 1.165) is 28.5 Å². The number of rotatable bonds is 4. The van der Waals surface area contributed by atoms with E-state index in [-0.39, 0.29) is 6.23 Å². The van der Waals surface area contributed by atoms with E-state index in [1.54, 1.807) is 4.68 Å². The zero-order valence-electron chi connectivity index (χ0n) is 14.0. The van der Waals surface area contributed by atoms with Crippen LogP contribution in [-0.2, 0) is 11.3 Å². The second-order valence-corrected chi connectivity index (χ2v) is 6.59. The molecule has 0 spiro atoms. The van der Waals surface area contributed by atoms with Crippen molar-refractivity contribution in [2.75, 3.05) is 18.1 Å². The summed E-state index contributed by atoms with van der Waals surface area (Å²) in [6.45, 7) is 4.19. The topological polar surface area (TPSA) is 43.2 Å². The zero-order valence-corrected chi connectivity index (χ0v) is 14.7. The molecule has 1 atom stereocenters. The van der Waals surface area contributed by atoms with Gasteiger partial charge in [-0.25, -0.2) is 4.68 Å². The van der Waals surface area contributed by atoms with Gasteiger partial charge in [-0.2, -0.15) is 0 Å². The van der Waals surface area contributed by atoms with E-state index in [9.17, 15) is 0 Å². The molecular weight excluding hydrogens is 336 g/mol. The lowest BCUT2D eigenvalue weighted by molar-refractivity contribution is 0.110. The van der Waals surface area contributed by atoms with Gasteiger partial charge in [0, 0.05) is 17.3 Å². The lowest BCUT2D eigenvalue weighted by Gasteiger charge is -2.23. The molecule has 0 amide bonds. The van der Waals surface area contributed by atoms with Crippen LogP contribution in [0.25, 0.3) is 0 Å². The Morgan fingerprint density at radius 2 is 1.96 bits per heavy atom. The van der Waals surface area contributed by atoms with Gasteiger partial charge in [-0.1, -0.05) is 52.7 Å². The standard InChI is InChI=1S/C19H19ClN4O/c1-14-6-8-16(9-7-14)24-10-11-25-19(24)18-13-23(22-21-18)12-15-4-2-3-5-17(15)20/h2-9,13,19H,10-12H2,1H3. The first-order valence-corrected chi connectivity index (χ1v) is 8.67. The van der Waals surface area contributed by atoms with Crippen molar-refractivity contribution in [2.24, 2.45) is 0 Å². The third-order valence-electron chi connectivity index (χ3n) is 4.36. The van der Waals surface area contributed by atoms with Gasteiger partial charge in [-0.15, -0.1) is 5.10 Å². The third kappa shape index (κ3) is 3.38. The smallest absolute Gasteiger partial charge is 0.177 e. The molecule has 1 aliphatic rings. The van der Waals surface area contributed by atoms with E-state index in [2.05, 4.69) is 46.4 Å². The molecule has 4 rings (SSSR count). The highest BCUT2D eigenvalue weighted by Crippen LogP contribution is 2.31. The largest absolute Gasteiger partial charge is 0.350 e. The van der Waals surface area contributed by atoms with E-state index in [4.69, 9.17) is 16.3 Å². The normalized spacial score (nSPS) is 17.2. The lowest BCUT2D eigenvalue weighted by atomic mass is 10.2. The Kier molecular flexibility index (Phi) is 4.42. The molecule has 0 N–H and O–H groups in total. The number of benzene rings is 2. The van der Waals surface area contributed by atoms with E-state index in [1.165, 1.54) is 5.56 Å². The monoisotopic (exact) mass is 354 g/mol. The molecule has 0 saturated carbocycles. The van der Waals surface area contributed by atoms with Gasteiger partial charge >= 0.3 is 0 Å². The fraction of sp³-hybridized carbons (Fsp3) is 0.263. The molecule has 128 valence electrons. The molecule has 3 aromatic rings. The number of anilines is 1. The fourth-order valence-corrected chi connectivity index (χ4v) is 3.22. The van der Waals surface area contributed by atoms with Gasteiger partial charge in [0.1, 0.15) is 5.69 Å². The number of hydrogen-bond donors (Lipinski definition) is 0. The van der Waals surface area contributed by atoms with Crippen LogP contribution in [0.2, 0.25) is 5.02 Å². The number of hydrogen-bond acceptors (Lipinski definition) is 4. The average Bonchev–Trinajstić information content (AvgIpc) is 3.27. The number of aryl methyl sites for hydroxylation is 1. The van der Waals surface area contributed by atoms with Gasteiger partial charge in [0.05, 0.1) is 19.3 Å². The minimum absolute atomic E-state index is 0.206. The van der Waals surface area contributed by atoms with E-state index in [1.807, 2.05) is 30.5 Å². The van der Waals surface area contributed by atoms with E-state index >= 15 is 0 Å². The zero-order chi connectivity index (χ0) is 17.2. The summed E-state index contributed by atoms with van der Waals surface area (Å²) in [4.78, 5) is 2.21. The van der Waals surface area contributed by atoms with E-state index in [0.29, 0.717) is 13.2 Å². The third-order valence-corrected chi connectivity index (χ3v) is 4.72. The van der Waals surface area contributed by atoms with Crippen LogP contribution in [0.4, 0.5) is 5.69 Å². The van der Waals surface area contributed by atoms with Gasteiger partial charge in [0.2, 0.25) is 0 Å². The van der Waals surface area contributed by atoms with Crippen molar-refractivity contribution in [3.63, 3.8) is 0 Å². The molecule has 5 nitrogen and oxygen atoms in total. The summed E-state index contributed by atoms with van der Waals surface area (Å²) in [6, 6.07) is 16.2. The van der Waals surface area contributed by atoms with Crippen molar-refractivity contribution in [3.05, 3.63) is 76.6 Å². The van der Waals surface area contributed by atoms with Crippen LogP contribution in [0, 0.1) is 6.92 Å². The molecule has 1 saturated heterocycles. The number of aromatic nitrogens is 3. The first-order chi connectivity index (χ1) is 12.2. The molecule has 1 aliphatic heterocycles. The first kappa shape index (κ1) is 16.1. The molecule has 6 heteroatoms. The maximum absolute atomic E-state index is 6.23. The Balaban J connectivity index is 1.54. The molecule has 0 aliphatic carbocycles. The fourth-order valence-electron chi connectivity index (χ4n) is 3.02. The lowest BCUT2D eigenvalue weighted by Crippen LogP contribution is -2.23. The highest BCUT2D eigenvalue weighted by Gasteiger charge is 2.29. The van der Waals surface area contributed by atoms with Gasteiger partial charge in [-0.3, -0.25) is 0 Å². The average molecular weight is 355 g/mol.